The fraction of sp³-hybridized carbons (Fsp3) is 0.464. The fourth-order valence-electron chi connectivity index (χ4n) is 10.6. The summed E-state index contributed by atoms with van der Waals surface area (Å²) >= 11 is 0. The van der Waals surface area contributed by atoms with Gasteiger partial charge in [-0.2, -0.15) is 0 Å². The minimum Gasteiger partial charge on any atom is -0.444 e. The number of likely N-dealkylation sites (tertiary alicyclic amines) is 2. The Labute approximate surface area is 445 Å². The third-order valence-electron chi connectivity index (χ3n) is 14.0. The minimum atomic E-state index is -1.10. The average molecular weight is 1060 g/mol. The topological polar surface area (TPSA) is 220 Å². The summed E-state index contributed by atoms with van der Waals surface area (Å²) in [6.07, 6.45) is 2.28. The molecule has 77 heavy (non-hydrogen) atoms. The molecule has 408 valence electrons. The van der Waals surface area contributed by atoms with E-state index in [4.69, 9.17) is 23.5 Å². The van der Waals surface area contributed by atoms with Gasteiger partial charge in [-0.05, 0) is 142 Å². The van der Waals surface area contributed by atoms with E-state index in [1.807, 2.05) is 74.4 Å². The predicted octanol–water partition coefficient (Wildman–Crippen LogP) is 10.2. The number of rotatable bonds is 9. The van der Waals surface area contributed by atoms with E-state index in [0.29, 0.717) is 68.3 Å². The summed E-state index contributed by atoms with van der Waals surface area (Å²) < 4.78 is 51.6. The van der Waals surface area contributed by atoms with Gasteiger partial charge in [0, 0.05) is 67.9 Å². The van der Waals surface area contributed by atoms with E-state index in [-0.39, 0.29) is 60.7 Å². The Morgan fingerprint density at radius 1 is 0.714 bits per heavy atom. The van der Waals surface area contributed by atoms with Gasteiger partial charge in [-0.1, -0.05) is 22.4 Å². The van der Waals surface area contributed by atoms with Gasteiger partial charge in [0.25, 0.3) is 0 Å². The molecule has 0 saturated carbocycles. The molecule has 0 spiro atoms. The van der Waals surface area contributed by atoms with Gasteiger partial charge < -0.3 is 48.8 Å². The highest BCUT2D eigenvalue weighted by molar-refractivity contribution is 6.08. The first-order chi connectivity index (χ1) is 36.4. The number of aromatic nitrogens is 4. The second-order valence-corrected chi connectivity index (χ2v) is 22.2. The first-order valence-electron chi connectivity index (χ1n) is 26.0. The maximum absolute atomic E-state index is 14.0. The molecule has 5 amide bonds. The zero-order chi connectivity index (χ0) is 55.2. The SMILES string of the molecule is Cc1noc(C)c1-c1ccc(N[C@H]2CCN(C(=O)OC(C)(C)C)C2)c(NC(=O)[C@@H]2CCC(=O)N2c2ccc(F)c(F)c2)c1.Cc1noc(C)c1-c1ccc2c(c1)nc([C@@H]1CCC(=O)N1)n2[C@H]1CCN(C(=O)OC(C)(C)C)C1. The lowest BCUT2D eigenvalue weighted by molar-refractivity contribution is -0.120. The van der Waals surface area contributed by atoms with Gasteiger partial charge in [0.05, 0.1) is 45.9 Å². The average Bonchev–Trinajstić information content (AvgIpc) is 4.24. The molecule has 0 radical (unpaired) electrons. The number of ether oxygens (including phenoxy) is 2. The number of benzene rings is 3. The van der Waals surface area contributed by atoms with Crippen molar-refractivity contribution in [2.75, 3.05) is 41.7 Å². The van der Waals surface area contributed by atoms with Crippen LogP contribution in [0.3, 0.4) is 0 Å². The number of amides is 5. The fourth-order valence-corrected chi connectivity index (χ4v) is 10.6. The predicted molar refractivity (Wildman–Crippen MR) is 283 cm³/mol. The van der Waals surface area contributed by atoms with Gasteiger partial charge in [0.15, 0.2) is 11.6 Å². The molecule has 4 aliphatic rings. The molecule has 7 heterocycles. The third kappa shape index (κ3) is 11.8. The van der Waals surface area contributed by atoms with Crippen molar-refractivity contribution in [2.45, 2.75) is 143 Å². The van der Waals surface area contributed by atoms with Crippen LogP contribution in [0.25, 0.3) is 33.3 Å². The van der Waals surface area contributed by atoms with E-state index >= 15 is 0 Å². The molecule has 21 heteroatoms. The lowest BCUT2D eigenvalue weighted by Gasteiger charge is -2.26. The number of aryl methyl sites for hydroxylation is 4. The molecule has 0 bridgehead atoms. The molecule has 4 saturated heterocycles. The second kappa shape index (κ2) is 21.3. The molecule has 6 aromatic rings. The number of nitrogens with zero attached hydrogens (tertiary/aromatic N) is 7. The first-order valence-corrected chi connectivity index (χ1v) is 26.0. The van der Waals surface area contributed by atoms with Gasteiger partial charge in [-0.15, -0.1) is 0 Å². The van der Waals surface area contributed by atoms with Crippen molar-refractivity contribution in [3.8, 4) is 22.3 Å². The smallest absolute Gasteiger partial charge is 0.410 e. The minimum absolute atomic E-state index is 0.0434. The summed E-state index contributed by atoms with van der Waals surface area (Å²) in [6, 6.07) is 13.7. The van der Waals surface area contributed by atoms with Gasteiger partial charge in [0.1, 0.15) is 34.6 Å². The van der Waals surface area contributed by atoms with Gasteiger partial charge >= 0.3 is 12.2 Å². The zero-order valence-corrected chi connectivity index (χ0v) is 45.1. The Morgan fingerprint density at radius 2 is 1.34 bits per heavy atom. The van der Waals surface area contributed by atoms with Gasteiger partial charge in [0.2, 0.25) is 17.7 Å². The molecule has 3 aromatic carbocycles. The van der Waals surface area contributed by atoms with Gasteiger partial charge in [-0.3, -0.25) is 19.3 Å². The summed E-state index contributed by atoms with van der Waals surface area (Å²) in [4.78, 5) is 73.3. The van der Waals surface area contributed by atoms with E-state index in [9.17, 15) is 32.8 Å². The van der Waals surface area contributed by atoms with Crippen LogP contribution in [-0.2, 0) is 23.9 Å². The number of anilines is 3. The van der Waals surface area contributed by atoms with Crippen molar-refractivity contribution in [3.05, 3.63) is 95.0 Å². The Balaban J connectivity index is 0.000000193. The maximum atomic E-state index is 14.0. The summed E-state index contributed by atoms with van der Waals surface area (Å²) in [6.45, 7) is 20.6. The number of imidazole rings is 1. The van der Waals surface area contributed by atoms with Gasteiger partial charge in [-0.25, -0.2) is 23.4 Å². The highest BCUT2D eigenvalue weighted by atomic mass is 19.2. The maximum Gasteiger partial charge on any atom is 0.410 e. The normalized spacial score (nSPS) is 19.7. The van der Waals surface area contributed by atoms with E-state index in [2.05, 4.69) is 49.0 Å². The van der Waals surface area contributed by atoms with Crippen molar-refractivity contribution >= 4 is 58.0 Å². The largest absolute Gasteiger partial charge is 0.444 e. The Morgan fingerprint density at radius 3 is 1.94 bits per heavy atom. The van der Waals surface area contributed by atoms with E-state index < -0.39 is 34.8 Å². The third-order valence-corrected chi connectivity index (χ3v) is 14.0. The molecule has 10 rings (SSSR count). The number of nitrogens with one attached hydrogen (secondary N) is 3. The lowest BCUT2D eigenvalue weighted by atomic mass is 10.0. The highest BCUT2D eigenvalue weighted by Crippen LogP contribution is 2.38. The quantitative estimate of drug-likeness (QED) is 0.123. The Bertz CT molecular complexity index is 3220. The van der Waals surface area contributed by atoms with Crippen molar-refractivity contribution in [1.29, 1.82) is 0 Å². The van der Waals surface area contributed by atoms with Crippen molar-refractivity contribution < 1.29 is 51.3 Å². The molecule has 4 aliphatic heterocycles. The molecule has 4 fully saturated rings. The van der Waals surface area contributed by atoms with E-state index in [0.717, 1.165) is 69.1 Å². The molecule has 3 aromatic heterocycles. The van der Waals surface area contributed by atoms with E-state index in [1.54, 1.807) is 22.8 Å². The lowest BCUT2D eigenvalue weighted by Crippen LogP contribution is -2.42. The van der Waals surface area contributed by atoms with E-state index in [1.165, 1.54) is 11.0 Å². The molecular weight excluding hydrogens is 995 g/mol. The monoisotopic (exact) mass is 1060 g/mol. The standard InChI is InChI=1S/C31H35F2N5O5.C25H31N5O4/c1-17-28(18(2)43-36-17)19-6-9-24(34-20-12-13-37(16-20)30(41)42-31(3,4)5)25(14-19)35-29(40)26-10-11-27(39)38(26)21-7-8-22(32)23(33)15-21;1-14-22(15(2)34-28-14)16-6-8-20-19(12-16)27-23(18-7-9-21(31)26-18)30(20)17-10-11-29(13-17)24(32)33-25(3,4)5/h6-9,14-15,20,26,34H,10-13,16H2,1-5H3,(H,35,40);6,8,12,17-18H,7,9-11,13H2,1-5H3,(H,26,31)/t20-,26-;17-,18-/m00/s1. The molecule has 19 nitrogen and oxygen atoms in total. The zero-order valence-electron chi connectivity index (χ0n) is 45.1. The molecule has 0 unspecified atom stereocenters. The van der Waals surface area contributed by atoms with Crippen LogP contribution in [0.4, 0.5) is 35.4 Å². The molecular formula is C56H66F2N10O9. The molecule has 3 N–H and O–H groups in total. The number of hydrogen-bond donors (Lipinski definition) is 3. The van der Waals surface area contributed by atoms with Crippen LogP contribution < -0.4 is 20.9 Å². The van der Waals surface area contributed by atoms with Crippen LogP contribution in [0.2, 0.25) is 0 Å². The summed E-state index contributed by atoms with van der Waals surface area (Å²) in [7, 11) is 0. The summed E-state index contributed by atoms with van der Waals surface area (Å²) in [5.74, 6) is -0.714. The first kappa shape index (κ1) is 54.0. The summed E-state index contributed by atoms with van der Waals surface area (Å²) in [5.41, 5.74) is 6.91. The number of halogens is 2. The van der Waals surface area contributed by atoms with Crippen LogP contribution in [0.5, 0.6) is 0 Å². The number of hydrogen-bond acceptors (Lipinski definition) is 13. The highest BCUT2D eigenvalue weighted by Gasteiger charge is 2.39. The molecule has 4 atom stereocenters. The van der Waals surface area contributed by atoms with Crippen molar-refractivity contribution in [2.24, 2.45) is 0 Å². The Hall–Kier alpha value is -7.84. The van der Waals surface area contributed by atoms with Crippen LogP contribution in [0, 0.1) is 39.3 Å². The van der Waals surface area contributed by atoms with Crippen LogP contribution in [0.15, 0.2) is 63.6 Å². The van der Waals surface area contributed by atoms with Crippen molar-refractivity contribution in [1.82, 2.24) is 35.0 Å². The van der Waals surface area contributed by atoms with Crippen molar-refractivity contribution in [3.63, 3.8) is 0 Å². The number of carbonyl (C=O) groups excluding carboxylic acids is 5. The number of carbonyl (C=O) groups is 5. The number of fused-ring (bicyclic) bond motifs is 1. The van der Waals surface area contributed by atoms with Crippen LogP contribution in [-0.4, -0.2) is 109 Å². The second-order valence-electron chi connectivity index (χ2n) is 22.2. The molecule has 0 aliphatic carbocycles. The Kier molecular flexibility index (Phi) is 14.9. The van der Waals surface area contributed by atoms with Crippen LogP contribution >= 0.6 is 0 Å². The summed E-state index contributed by atoms with van der Waals surface area (Å²) in [5, 5.41) is 17.6. The van der Waals surface area contributed by atoms with Crippen LogP contribution in [0.1, 0.15) is 121 Å².